The summed E-state index contributed by atoms with van der Waals surface area (Å²) in [6.07, 6.45) is -4.57. The first-order valence-electron chi connectivity index (χ1n) is 6.17. The zero-order chi connectivity index (χ0) is 17.3. The first kappa shape index (κ1) is 17.4. The fraction of sp³-hybridized carbons (Fsp3) is 0.143. The van der Waals surface area contributed by atoms with Gasteiger partial charge in [0.1, 0.15) is 10.6 Å². The monoisotopic (exact) mass is 365 g/mol. The van der Waals surface area contributed by atoms with Gasteiger partial charge in [0.25, 0.3) is 10.0 Å². The number of sulfonamides is 1. The SMILES string of the molecule is COc1ccc(Cl)cc1S(=O)(=O)Nc1cccc(C(F)(F)F)c1. The van der Waals surface area contributed by atoms with Crippen molar-refractivity contribution in [2.75, 3.05) is 11.8 Å². The van der Waals surface area contributed by atoms with Crippen LogP contribution >= 0.6 is 11.6 Å². The molecule has 23 heavy (non-hydrogen) atoms. The average Bonchev–Trinajstić information content (AvgIpc) is 2.46. The van der Waals surface area contributed by atoms with Crippen LogP contribution in [0.25, 0.3) is 0 Å². The van der Waals surface area contributed by atoms with E-state index in [1.807, 2.05) is 0 Å². The molecule has 124 valence electrons. The smallest absolute Gasteiger partial charge is 0.416 e. The number of nitrogens with one attached hydrogen (secondary N) is 1. The molecular weight excluding hydrogens is 355 g/mol. The minimum absolute atomic E-state index is 0.0221. The molecule has 4 nitrogen and oxygen atoms in total. The molecule has 2 aromatic carbocycles. The van der Waals surface area contributed by atoms with Crippen molar-refractivity contribution in [3.05, 3.63) is 53.1 Å². The van der Waals surface area contributed by atoms with Crippen LogP contribution in [-0.4, -0.2) is 15.5 Å². The molecule has 0 aromatic heterocycles. The number of alkyl halides is 3. The highest BCUT2D eigenvalue weighted by molar-refractivity contribution is 7.92. The molecule has 0 bridgehead atoms. The molecule has 9 heteroatoms. The van der Waals surface area contributed by atoms with E-state index in [0.717, 1.165) is 18.2 Å². The highest BCUT2D eigenvalue weighted by atomic mass is 35.5. The fourth-order valence-electron chi connectivity index (χ4n) is 1.83. The van der Waals surface area contributed by atoms with E-state index in [0.29, 0.717) is 6.07 Å². The maximum Gasteiger partial charge on any atom is 0.416 e. The van der Waals surface area contributed by atoms with E-state index in [2.05, 4.69) is 4.72 Å². The minimum atomic E-state index is -4.57. The number of hydrogen-bond acceptors (Lipinski definition) is 3. The van der Waals surface area contributed by atoms with E-state index in [-0.39, 0.29) is 21.4 Å². The van der Waals surface area contributed by atoms with Gasteiger partial charge in [-0.3, -0.25) is 4.72 Å². The summed E-state index contributed by atoms with van der Waals surface area (Å²) in [4.78, 5) is -0.273. The Morgan fingerprint density at radius 3 is 2.43 bits per heavy atom. The Bertz CT molecular complexity index is 822. The Balaban J connectivity index is 2.42. The van der Waals surface area contributed by atoms with Crippen molar-refractivity contribution in [3.8, 4) is 5.75 Å². The minimum Gasteiger partial charge on any atom is -0.495 e. The highest BCUT2D eigenvalue weighted by Gasteiger charge is 2.31. The molecule has 0 fully saturated rings. The topological polar surface area (TPSA) is 55.4 Å². The zero-order valence-corrected chi connectivity index (χ0v) is 13.3. The highest BCUT2D eigenvalue weighted by Crippen LogP contribution is 2.32. The zero-order valence-electron chi connectivity index (χ0n) is 11.7. The molecule has 0 unspecified atom stereocenters. The predicted octanol–water partition coefficient (Wildman–Crippen LogP) is 4.17. The number of ether oxygens (including phenoxy) is 1. The van der Waals surface area contributed by atoms with Gasteiger partial charge in [-0.25, -0.2) is 8.42 Å². The van der Waals surface area contributed by atoms with E-state index >= 15 is 0 Å². The predicted molar refractivity (Wildman–Crippen MR) is 80.3 cm³/mol. The van der Waals surface area contributed by atoms with Gasteiger partial charge in [-0.1, -0.05) is 17.7 Å². The van der Waals surface area contributed by atoms with Crippen LogP contribution in [0.3, 0.4) is 0 Å². The van der Waals surface area contributed by atoms with E-state index in [4.69, 9.17) is 16.3 Å². The van der Waals surface area contributed by atoms with Gasteiger partial charge in [0, 0.05) is 10.7 Å². The number of benzene rings is 2. The van der Waals surface area contributed by atoms with Crippen molar-refractivity contribution in [2.45, 2.75) is 11.1 Å². The Kier molecular flexibility index (Phi) is 4.76. The third-order valence-corrected chi connectivity index (χ3v) is 4.49. The van der Waals surface area contributed by atoms with Crippen LogP contribution in [0, 0.1) is 0 Å². The van der Waals surface area contributed by atoms with E-state index < -0.39 is 21.8 Å². The van der Waals surface area contributed by atoms with Gasteiger partial charge < -0.3 is 4.74 Å². The van der Waals surface area contributed by atoms with E-state index in [1.165, 1.54) is 25.3 Å². The van der Waals surface area contributed by atoms with Gasteiger partial charge in [0.2, 0.25) is 0 Å². The number of rotatable bonds is 4. The van der Waals surface area contributed by atoms with Crippen molar-refractivity contribution in [2.24, 2.45) is 0 Å². The van der Waals surface area contributed by atoms with E-state index in [9.17, 15) is 21.6 Å². The largest absolute Gasteiger partial charge is 0.495 e. The summed E-state index contributed by atoms with van der Waals surface area (Å²) in [5.74, 6) is 0.0221. The van der Waals surface area contributed by atoms with Crippen molar-refractivity contribution in [1.29, 1.82) is 0 Å². The quantitative estimate of drug-likeness (QED) is 0.884. The molecule has 0 radical (unpaired) electrons. The van der Waals surface area contributed by atoms with Crippen LogP contribution in [0.5, 0.6) is 5.75 Å². The van der Waals surface area contributed by atoms with Gasteiger partial charge in [-0.05, 0) is 36.4 Å². The summed E-state index contributed by atoms with van der Waals surface area (Å²) in [7, 11) is -2.90. The van der Waals surface area contributed by atoms with Gasteiger partial charge in [0.05, 0.1) is 12.7 Å². The molecule has 2 aromatic rings. The summed E-state index contributed by atoms with van der Waals surface area (Å²) < 4.78 is 69.8. The molecule has 0 amide bonds. The van der Waals surface area contributed by atoms with Crippen molar-refractivity contribution in [3.63, 3.8) is 0 Å². The van der Waals surface area contributed by atoms with Crippen LogP contribution in [0.1, 0.15) is 5.56 Å². The van der Waals surface area contributed by atoms with Crippen molar-refractivity contribution in [1.82, 2.24) is 0 Å². The molecule has 0 saturated carbocycles. The van der Waals surface area contributed by atoms with Crippen molar-refractivity contribution < 1.29 is 26.3 Å². The number of anilines is 1. The van der Waals surface area contributed by atoms with Gasteiger partial charge in [-0.2, -0.15) is 13.2 Å². The summed E-state index contributed by atoms with van der Waals surface area (Å²) in [6.45, 7) is 0. The molecule has 0 atom stereocenters. The van der Waals surface area contributed by atoms with Crippen molar-refractivity contribution >= 4 is 27.3 Å². The first-order chi connectivity index (χ1) is 10.6. The second kappa shape index (κ2) is 6.29. The Morgan fingerprint density at radius 2 is 1.83 bits per heavy atom. The molecule has 1 N–H and O–H groups in total. The molecule has 0 spiro atoms. The van der Waals surface area contributed by atoms with Crippen LogP contribution in [0.4, 0.5) is 18.9 Å². The number of methoxy groups -OCH3 is 1. The van der Waals surface area contributed by atoms with Gasteiger partial charge in [-0.15, -0.1) is 0 Å². The maximum atomic E-state index is 12.7. The summed E-state index contributed by atoms with van der Waals surface area (Å²) in [5, 5.41) is 0.148. The van der Waals surface area contributed by atoms with Crippen LogP contribution in [0.2, 0.25) is 5.02 Å². The van der Waals surface area contributed by atoms with Crippen LogP contribution < -0.4 is 9.46 Å². The Morgan fingerprint density at radius 1 is 1.13 bits per heavy atom. The second-order valence-electron chi connectivity index (χ2n) is 4.48. The fourth-order valence-corrected chi connectivity index (χ4v) is 3.31. The molecular formula is C14H11ClF3NO3S. The number of hydrogen-bond donors (Lipinski definition) is 1. The Hall–Kier alpha value is -1.93. The van der Waals surface area contributed by atoms with Gasteiger partial charge in [0.15, 0.2) is 0 Å². The molecule has 0 saturated heterocycles. The van der Waals surface area contributed by atoms with Crippen LogP contribution in [0.15, 0.2) is 47.4 Å². The summed E-state index contributed by atoms with van der Waals surface area (Å²) in [6, 6.07) is 7.80. The third kappa shape index (κ3) is 4.08. The molecule has 0 heterocycles. The number of halogens is 4. The summed E-state index contributed by atoms with van der Waals surface area (Å²) in [5.41, 5.74) is -1.18. The molecule has 0 aliphatic heterocycles. The normalized spacial score (nSPS) is 12.0. The first-order valence-corrected chi connectivity index (χ1v) is 8.03. The Labute approximate surface area is 135 Å². The van der Waals surface area contributed by atoms with Gasteiger partial charge >= 0.3 is 6.18 Å². The second-order valence-corrected chi connectivity index (χ2v) is 6.57. The lowest BCUT2D eigenvalue weighted by atomic mass is 10.2. The summed E-state index contributed by atoms with van der Waals surface area (Å²) >= 11 is 5.77. The van der Waals surface area contributed by atoms with E-state index in [1.54, 1.807) is 0 Å². The standard InChI is InChI=1S/C14H11ClF3NO3S/c1-22-12-6-5-10(15)8-13(12)23(20,21)19-11-4-2-3-9(7-11)14(16,17)18/h2-8,19H,1H3. The van der Waals surface area contributed by atoms with Crippen LogP contribution in [-0.2, 0) is 16.2 Å². The lowest BCUT2D eigenvalue weighted by Gasteiger charge is -2.13. The maximum absolute atomic E-state index is 12.7. The third-order valence-electron chi connectivity index (χ3n) is 2.86. The molecule has 2 rings (SSSR count). The lowest BCUT2D eigenvalue weighted by molar-refractivity contribution is -0.137. The molecule has 0 aliphatic carbocycles. The average molecular weight is 366 g/mol. The molecule has 0 aliphatic rings. The lowest BCUT2D eigenvalue weighted by Crippen LogP contribution is -2.15.